The van der Waals surface area contributed by atoms with Crippen molar-refractivity contribution in [1.29, 1.82) is 0 Å². The summed E-state index contributed by atoms with van der Waals surface area (Å²) >= 11 is 0. The number of anilines is 2. The first-order valence-electron chi connectivity index (χ1n) is 8.88. The highest BCUT2D eigenvalue weighted by Gasteiger charge is 2.43. The minimum Gasteiger partial charge on any atom is -0.368 e. The van der Waals surface area contributed by atoms with Gasteiger partial charge in [0, 0.05) is 12.2 Å². The first-order chi connectivity index (χ1) is 13.3. The first-order valence-corrected chi connectivity index (χ1v) is 8.88. The minimum absolute atomic E-state index is 0.122. The van der Waals surface area contributed by atoms with Gasteiger partial charge in [0.15, 0.2) is 11.7 Å². The molecule has 9 nitrogen and oxygen atoms in total. The highest BCUT2D eigenvalue weighted by Crippen LogP contribution is 2.40. The van der Waals surface area contributed by atoms with E-state index >= 15 is 0 Å². The maximum atomic E-state index is 14.1. The van der Waals surface area contributed by atoms with Gasteiger partial charge in [-0.05, 0) is 30.1 Å². The van der Waals surface area contributed by atoms with E-state index in [1.54, 1.807) is 5.01 Å². The van der Waals surface area contributed by atoms with Crippen LogP contribution in [0.4, 0.5) is 16.1 Å². The second-order valence-electron chi connectivity index (χ2n) is 6.74. The zero-order valence-electron chi connectivity index (χ0n) is 14.3. The number of aromatic nitrogens is 2. The zero-order chi connectivity index (χ0) is 18.0. The number of amidine groups is 1. The Morgan fingerprint density at radius 1 is 1.22 bits per heavy atom. The Hall–Kier alpha value is -3.14. The molecule has 2 aromatic rings. The third-order valence-corrected chi connectivity index (χ3v) is 5.12. The molecule has 1 aromatic carbocycles. The van der Waals surface area contributed by atoms with Crippen LogP contribution in [0.25, 0.3) is 0 Å². The molecule has 4 aliphatic heterocycles. The number of hydrogen-bond acceptors (Lipinski definition) is 9. The number of ether oxygens (including phenoxy) is 1. The molecule has 0 aliphatic carbocycles. The highest BCUT2D eigenvalue weighted by molar-refractivity contribution is 6.08. The number of halogens is 1. The van der Waals surface area contributed by atoms with Crippen molar-refractivity contribution in [2.75, 3.05) is 29.9 Å². The Balaban J connectivity index is 1.40. The summed E-state index contributed by atoms with van der Waals surface area (Å²) in [5.41, 5.74) is 1.87. The van der Waals surface area contributed by atoms with E-state index in [-0.39, 0.29) is 12.8 Å². The largest absolute Gasteiger partial charge is 0.368 e. The quantitative estimate of drug-likeness (QED) is 0.746. The second-order valence-corrected chi connectivity index (χ2v) is 6.74. The summed E-state index contributed by atoms with van der Waals surface area (Å²) in [4.78, 5) is 11.1. The van der Waals surface area contributed by atoms with Gasteiger partial charge < -0.3 is 14.2 Å². The SMILES string of the molecule is FN1C=C2N(C1)c1ccccc1C1=NCN(c3noc(C4CCCO4)n3)N21. The van der Waals surface area contributed by atoms with Crippen molar-refractivity contribution < 1.29 is 13.7 Å². The summed E-state index contributed by atoms with van der Waals surface area (Å²) < 4.78 is 25.1. The Morgan fingerprint density at radius 2 is 2.15 bits per heavy atom. The number of para-hydroxylation sites is 1. The molecule has 1 unspecified atom stereocenters. The number of fused-ring (bicyclic) bond motifs is 6. The molecule has 1 atom stereocenters. The van der Waals surface area contributed by atoms with Crippen molar-refractivity contribution >= 4 is 17.5 Å². The Morgan fingerprint density at radius 3 is 3.04 bits per heavy atom. The predicted octanol–water partition coefficient (Wildman–Crippen LogP) is 2.14. The maximum absolute atomic E-state index is 14.1. The van der Waals surface area contributed by atoms with Crippen molar-refractivity contribution in [3.8, 4) is 0 Å². The molecule has 0 radical (unpaired) electrons. The number of aliphatic imine (C=N–C) groups is 1. The van der Waals surface area contributed by atoms with Crippen LogP contribution in [0.2, 0.25) is 0 Å². The van der Waals surface area contributed by atoms with Gasteiger partial charge in [-0.3, -0.25) is 0 Å². The van der Waals surface area contributed by atoms with Crippen LogP contribution in [0.1, 0.15) is 30.4 Å². The summed E-state index contributed by atoms with van der Waals surface area (Å²) in [5, 5.41) is 8.39. The third-order valence-electron chi connectivity index (χ3n) is 5.12. The molecule has 0 spiro atoms. The molecule has 6 rings (SSSR count). The van der Waals surface area contributed by atoms with Gasteiger partial charge in [0.25, 0.3) is 11.8 Å². The lowest BCUT2D eigenvalue weighted by molar-refractivity contribution is 0.0835. The van der Waals surface area contributed by atoms with Crippen molar-refractivity contribution in [3.05, 3.63) is 47.7 Å². The molecule has 0 N–H and O–H groups in total. The maximum Gasteiger partial charge on any atom is 0.287 e. The minimum atomic E-state index is -0.153. The molecule has 4 aliphatic rings. The van der Waals surface area contributed by atoms with E-state index in [2.05, 4.69) is 15.1 Å². The first kappa shape index (κ1) is 15.0. The number of benzene rings is 1. The van der Waals surface area contributed by atoms with E-state index in [4.69, 9.17) is 9.26 Å². The average Bonchev–Trinajstić information content (AvgIpc) is 3.44. The summed E-state index contributed by atoms with van der Waals surface area (Å²) in [6.45, 7) is 1.15. The Labute approximate surface area is 153 Å². The fraction of sp³-hybridized carbons (Fsp3) is 0.353. The fourth-order valence-corrected chi connectivity index (χ4v) is 3.91. The van der Waals surface area contributed by atoms with Crippen molar-refractivity contribution in [3.63, 3.8) is 0 Å². The van der Waals surface area contributed by atoms with Crippen LogP contribution in [0, 0.1) is 0 Å². The van der Waals surface area contributed by atoms with E-state index in [1.165, 1.54) is 6.20 Å². The van der Waals surface area contributed by atoms with E-state index in [0.717, 1.165) is 29.9 Å². The molecular formula is C17H16FN7O2. The summed E-state index contributed by atoms with van der Waals surface area (Å²) in [7, 11) is 0. The monoisotopic (exact) mass is 369 g/mol. The zero-order valence-corrected chi connectivity index (χ0v) is 14.3. The molecule has 0 saturated carbocycles. The second kappa shape index (κ2) is 5.43. The lowest BCUT2D eigenvalue weighted by atomic mass is 10.1. The number of hydrazine groups is 1. The van der Waals surface area contributed by atoms with E-state index in [9.17, 15) is 4.48 Å². The van der Waals surface area contributed by atoms with Gasteiger partial charge in [0.1, 0.15) is 19.4 Å². The van der Waals surface area contributed by atoms with Gasteiger partial charge in [0.05, 0.1) is 11.9 Å². The van der Waals surface area contributed by atoms with E-state index in [0.29, 0.717) is 36.1 Å². The fourth-order valence-electron chi connectivity index (χ4n) is 3.91. The molecule has 27 heavy (non-hydrogen) atoms. The smallest absolute Gasteiger partial charge is 0.287 e. The number of hydrogen-bond donors (Lipinski definition) is 0. The van der Waals surface area contributed by atoms with E-state index in [1.807, 2.05) is 34.2 Å². The standard InChI is InChI=1S/C17H16FN7O2/c18-22-8-14-23(10-22)12-5-2-1-4-11(12)15-19-9-24(25(14)15)17-20-16(27-21-17)13-6-3-7-26-13/h1-2,4-5,8,13H,3,6-7,9-10H2. The molecule has 138 valence electrons. The van der Waals surface area contributed by atoms with Gasteiger partial charge in [-0.15, -0.1) is 0 Å². The average molecular weight is 369 g/mol. The topological polar surface area (TPSA) is 73.5 Å². The van der Waals surface area contributed by atoms with Crippen molar-refractivity contribution in [2.45, 2.75) is 18.9 Å². The van der Waals surface area contributed by atoms with Crippen LogP contribution in [0.5, 0.6) is 0 Å². The highest BCUT2D eigenvalue weighted by atomic mass is 19.2. The van der Waals surface area contributed by atoms with Crippen molar-refractivity contribution in [1.82, 2.24) is 20.3 Å². The summed E-state index contributed by atoms with van der Waals surface area (Å²) in [5.74, 6) is 2.26. The lowest BCUT2D eigenvalue weighted by Gasteiger charge is -2.39. The molecule has 5 heterocycles. The number of rotatable bonds is 2. The molecule has 1 fully saturated rings. The van der Waals surface area contributed by atoms with Crippen LogP contribution < -0.4 is 9.91 Å². The predicted molar refractivity (Wildman–Crippen MR) is 92.8 cm³/mol. The van der Waals surface area contributed by atoms with Crippen LogP contribution >= 0.6 is 0 Å². The van der Waals surface area contributed by atoms with Crippen LogP contribution in [-0.4, -0.2) is 46.1 Å². The van der Waals surface area contributed by atoms with Gasteiger partial charge in [-0.25, -0.2) is 15.0 Å². The molecule has 0 amide bonds. The van der Waals surface area contributed by atoms with Gasteiger partial charge in [-0.2, -0.15) is 10.1 Å². The number of nitrogens with zero attached hydrogens (tertiary/aromatic N) is 7. The van der Waals surface area contributed by atoms with Gasteiger partial charge in [-0.1, -0.05) is 16.6 Å². The molecule has 1 saturated heterocycles. The molecule has 1 aromatic heterocycles. The molecular weight excluding hydrogens is 353 g/mol. The van der Waals surface area contributed by atoms with Crippen molar-refractivity contribution in [2.24, 2.45) is 4.99 Å². The molecule has 0 bridgehead atoms. The Bertz CT molecular complexity index is 968. The molecule has 10 heteroatoms. The van der Waals surface area contributed by atoms with E-state index < -0.39 is 0 Å². The third kappa shape index (κ3) is 2.10. The Kier molecular flexibility index (Phi) is 3.01. The summed E-state index contributed by atoms with van der Waals surface area (Å²) in [6, 6.07) is 7.84. The lowest BCUT2D eigenvalue weighted by Crippen LogP contribution is -2.49. The van der Waals surface area contributed by atoms with Crippen LogP contribution in [-0.2, 0) is 4.74 Å². The van der Waals surface area contributed by atoms with Gasteiger partial charge >= 0.3 is 0 Å². The van der Waals surface area contributed by atoms with Gasteiger partial charge in [0.2, 0.25) is 0 Å². The van der Waals surface area contributed by atoms with Crippen LogP contribution in [0.3, 0.4) is 0 Å². The van der Waals surface area contributed by atoms with Crippen LogP contribution in [0.15, 0.2) is 45.8 Å². The summed E-state index contributed by atoms with van der Waals surface area (Å²) in [6.07, 6.45) is 3.15. The normalized spacial score (nSPS) is 23.4.